The second-order valence-electron chi connectivity index (χ2n) is 4.34. The lowest BCUT2D eigenvalue weighted by molar-refractivity contribution is 0.102. The number of ether oxygens (including phenoxy) is 1. The predicted molar refractivity (Wildman–Crippen MR) is 77.2 cm³/mol. The Bertz CT molecular complexity index is 617. The molecule has 0 aliphatic carbocycles. The molecule has 0 saturated carbocycles. The summed E-state index contributed by atoms with van der Waals surface area (Å²) in [5, 5.41) is 3.01. The van der Waals surface area contributed by atoms with E-state index >= 15 is 0 Å². The third-order valence-electron chi connectivity index (χ3n) is 2.36. The smallest absolute Gasteiger partial charge is 0.255 e. The zero-order valence-corrected chi connectivity index (χ0v) is 11.9. The lowest BCUT2D eigenvalue weighted by Gasteiger charge is -2.13. The van der Waals surface area contributed by atoms with Crippen LogP contribution in [0.5, 0.6) is 5.88 Å². The molecule has 20 heavy (non-hydrogen) atoms. The van der Waals surface area contributed by atoms with Crippen LogP contribution in [0.2, 0.25) is 5.15 Å². The zero-order chi connectivity index (χ0) is 14.5. The maximum Gasteiger partial charge on any atom is 0.255 e. The molecule has 0 aliphatic rings. The first-order chi connectivity index (χ1) is 9.56. The first-order valence-corrected chi connectivity index (χ1v) is 6.48. The summed E-state index contributed by atoms with van der Waals surface area (Å²) < 4.78 is 5.54. The summed E-state index contributed by atoms with van der Waals surface area (Å²) >= 11 is 5.76. The molecule has 2 rings (SSSR count). The number of hydrogen-bond acceptors (Lipinski definition) is 4. The van der Waals surface area contributed by atoms with Gasteiger partial charge in [-0.3, -0.25) is 4.79 Å². The van der Waals surface area contributed by atoms with Crippen LogP contribution in [-0.4, -0.2) is 22.0 Å². The van der Waals surface area contributed by atoms with Crippen molar-refractivity contribution in [2.75, 3.05) is 5.32 Å². The minimum Gasteiger partial charge on any atom is -0.473 e. The summed E-state index contributed by atoms with van der Waals surface area (Å²) in [5.41, 5.74) is 0.934. The van der Waals surface area contributed by atoms with Crippen molar-refractivity contribution in [1.29, 1.82) is 0 Å². The number of pyridine rings is 2. The molecule has 0 fully saturated rings. The Morgan fingerprint density at radius 2 is 2.10 bits per heavy atom. The number of nitrogens with one attached hydrogen (secondary N) is 1. The van der Waals surface area contributed by atoms with Gasteiger partial charge in [-0.05, 0) is 38.1 Å². The quantitative estimate of drug-likeness (QED) is 0.879. The molecular weight excluding hydrogens is 278 g/mol. The van der Waals surface area contributed by atoms with Crippen LogP contribution in [0.4, 0.5) is 5.69 Å². The number of halogens is 1. The number of hydrogen-bond donors (Lipinski definition) is 1. The first kappa shape index (κ1) is 14.3. The standard InChI is InChI=1S/C14H14ClN3O2/c1-9(2)20-14-11(4-3-6-17-14)18-13(19)10-5-7-16-12(15)8-10/h3-9H,1-2H3,(H,18,19). The van der Waals surface area contributed by atoms with E-state index in [-0.39, 0.29) is 17.2 Å². The van der Waals surface area contributed by atoms with Crippen LogP contribution in [-0.2, 0) is 0 Å². The van der Waals surface area contributed by atoms with E-state index in [9.17, 15) is 4.79 Å². The van der Waals surface area contributed by atoms with Crippen molar-refractivity contribution >= 4 is 23.2 Å². The highest BCUT2D eigenvalue weighted by Gasteiger charge is 2.12. The van der Waals surface area contributed by atoms with Crippen LogP contribution in [0.15, 0.2) is 36.7 Å². The van der Waals surface area contributed by atoms with Gasteiger partial charge in [-0.25, -0.2) is 9.97 Å². The second-order valence-corrected chi connectivity index (χ2v) is 4.73. The van der Waals surface area contributed by atoms with E-state index in [0.717, 1.165) is 0 Å². The summed E-state index contributed by atoms with van der Waals surface area (Å²) in [6.45, 7) is 3.78. The molecule has 5 nitrogen and oxygen atoms in total. The largest absolute Gasteiger partial charge is 0.473 e. The fraction of sp³-hybridized carbons (Fsp3) is 0.214. The molecule has 0 saturated heterocycles. The van der Waals surface area contributed by atoms with Crippen molar-refractivity contribution in [3.8, 4) is 5.88 Å². The zero-order valence-electron chi connectivity index (χ0n) is 11.1. The minimum atomic E-state index is -0.295. The molecule has 2 aromatic rings. The Morgan fingerprint density at radius 1 is 1.30 bits per heavy atom. The van der Waals surface area contributed by atoms with E-state index in [4.69, 9.17) is 16.3 Å². The van der Waals surface area contributed by atoms with Crippen molar-refractivity contribution in [3.05, 3.63) is 47.4 Å². The number of rotatable bonds is 4. The van der Waals surface area contributed by atoms with E-state index < -0.39 is 0 Å². The number of anilines is 1. The van der Waals surface area contributed by atoms with E-state index in [0.29, 0.717) is 17.1 Å². The van der Waals surface area contributed by atoms with Crippen LogP contribution >= 0.6 is 11.6 Å². The fourth-order valence-corrected chi connectivity index (χ4v) is 1.72. The monoisotopic (exact) mass is 291 g/mol. The summed E-state index contributed by atoms with van der Waals surface area (Å²) in [6.07, 6.45) is 3.05. The number of amides is 1. The molecule has 0 atom stereocenters. The topological polar surface area (TPSA) is 64.1 Å². The number of aromatic nitrogens is 2. The SMILES string of the molecule is CC(C)Oc1ncccc1NC(=O)c1ccnc(Cl)c1. The molecule has 2 heterocycles. The summed E-state index contributed by atoms with van der Waals surface area (Å²) in [4.78, 5) is 20.1. The van der Waals surface area contributed by atoms with Crippen LogP contribution in [0.3, 0.4) is 0 Å². The predicted octanol–water partition coefficient (Wildman–Crippen LogP) is 3.17. The lowest BCUT2D eigenvalue weighted by atomic mass is 10.2. The van der Waals surface area contributed by atoms with Gasteiger partial charge in [0, 0.05) is 18.0 Å². The Hall–Kier alpha value is -2.14. The minimum absolute atomic E-state index is 0.0316. The molecule has 0 radical (unpaired) electrons. The Kier molecular flexibility index (Phi) is 4.53. The molecule has 1 amide bonds. The van der Waals surface area contributed by atoms with Crippen molar-refractivity contribution in [2.24, 2.45) is 0 Å². The van der Waals surface area contributed by atoms with Crippen LogP contribution < -0.4 is 10.1 Å². The average Bonchev–Trinajstić information content (AvgIpc) is 2.40. The summed E-state index contributed by atoms with van der Waals surface area (Å²) in [7, 11) is 0. The normalized spacial score (nSPS) is 10.4. The van der Waals surface area contributed by atoms with Crippen molar-refractivity contribution in [3.63, 3.8) is 0 Å². The molecule has 2 aromatic heterocycles. The summed E-state index contributed by atoms with van der Waals surface area (Å²) in [5.74, 6) is 0.0897. The van der Waals surface area contributed by atoms with Gasteiger partial charge in [0.25, 0.3) is 5.91 Å². The van der Waals surface area contributed by atoms with E-state index in [1.807, 2.05) is 13.8 Å². The van der Waals surface area contributed by atoms with Gasteiger partial charge in [0.1, 0.15) is 10.8 Å². The molecular formula is C14H14ClN3O2. The van der Waals surface area contributed by atoms with Crippen molar-refractivity contribution < 1.29 is 9.53 Å². The van der Waals surface area contributed by atoms with Crippen LogP contribution in [0.1, 0.15) is 24.2 Å². The molecule has 0 spiro atoms. The average molecular weight is 292 g/mol. The molecule has 0 bridgehead atoms. The molecule has 0 unspecified atom stereocenters. The highest BCUT2D eigenvalue weighted by atomic mass is 35.5. The van der Waals surface area contributed by atoms with Gasteiger partial charge in [-0.1, -0.05) is 11.6 Å². The number of nitrogens with zero attached hydrogens (tertiary/aromatic N) is 2. The van der Waals surface area contributed by atoms with E-state index in [2.05, 4.69) is 15.3 Å². The molecule has 0 aliphatic heterocycles. The molecule has 0 aromatic carbocycles. The number of carbonyl (C=O) groups excluding carboxylic acids is 1. The van der Waals surface area contributed by atoms with Gasteiger partial charge in [0.05, 0.1) is 6.10 Å². The second kappa shape index (κ2) is 6.34. The number of carbonyl (C=O) groups is 1. The maximum absolute atomic E-state index is 12.1. The Labute approximate surface area is 122 Å². The van der Waals surface area contributed by atoms with Gasteiger partial charge in [0.15, 0.2) is 0 Å². The lowest BCUT2D eigenvalue weighted by Crippen LogP contribution is -2.15. The van der Waals surface area contributed by atoms with Gasteiger partial charge in [-0.2, -0.15) is 0 Å². The van der Waals surface area contributed by atoms with Crippen LogP contribution in [0.25, 0.3) is 0 Å². The molecule has 104 valence electrons. The Morgan fingerprint density at radius 3 is 2.80 bits per heavy atom. The maximum atomic E-state index is 12.1. The fourth-order valence-electron chi connectivity index (χ4n) is 1.54. The van der Waals surface area contributed by atoms with Gasteiger partial charge in [0.2, 0.25) is 5.88 Å². The van der Waals surface area contributed by atoms with Crippen LogP contribution in [0, 0.1) is 0 Å². The van der Waals surface area contributed by atoms with E-state index in [1.165, 1.54) is 12.3 Å². The van der Waals surface area contributed by atoms with Gasteiger partial charge >= 0.3 is 0 Å². The molecule has 6 heteroatoms. The van der Waals surface area contributed by atoms with Gasteiger partial charge < -0.3 is 10.1 Å². The third kappa shape index (κ3) is 3.68. The highest BCUT2D eigenvalue weighted by molar-refractivity contribution is 6.29. The highest BCUT2D eigenvalue weighted by Crippen LogP contribution is 2.22. The third-order valence-corrected chi connectivity index (χ3v) is 2.56. The van der Waals surface area contributed by atoms with Crippen molar-refractivity contribution in [2.45, 2.75) is 20.0 Å². The molecule has 1 N–H and O–H groups in total. The van der Waals surface area contributed by atoms with Crippen molar-refractivity contribution in [1.82, 2.24) is 9.97 Å². The summed E-state index contributed by atoms with van der Waals surface area (Å²) in [6, 6.07) is 6.53. The Balaban J connectivity index is 2.19. The van der Waals surface area contributed by atoms with E-state index in [1.54, 1.807) is 24.4 Å². The first-order valence-electron chi connectivity index (χ1n) is 6.11. The van der Waals surface area contributed by atoms with Gasteiger partial charge in [-0.15, -0.1) is 0 Å².